The van der Waals surface area contributed by atoms with Gasteiger partial charge in [-0.2, -0.15) is 0 Å². The van der Waals surface area contributed by atoms with E-state index >= 15 is 0 Å². The molecule has 5 heterocycles. The van der Waals surface area contributed by atoms with Crippen LogP contribution < -0.4 is 5.32 Å². The van der Waals surface area contributed by atoms with Crippen LogP contribution in [0.3, 0.4) is 0 Å². The first-order valence-corrected chi connectivity index (χ1v) is 24.5. The Morgan fingerprint density at radius 3 is 1.75 bits per heavy atom. The Bertz CT molecular complexity index is 2560. The highest BCUT2D eigenvalue weighted by Crippen LogP contribution is 2.41. The Kier molecular flexibility index (Phi) is 13.7. The largest absolute Gasteiger partial charge is 0.376 e. The second kappa shape index (κ2) is 19.9. The summed E-state index contributed by atoms with van der Waals surface area (Å²) in [4.78, 5) is 59.6. The standard InChI is InChI=1S/C52H57N7O4S2/c1-36(60)57-31-29-56(30-32-57)28-25-52(2,63)55-48(42-13-7-4-8-14-42)51(62)59-27-10-16-44(59)50-54-35-46(65-50)41-23-19-39(20-24-41)38-17-21-40(22-18-38)45-34-53-49(64-45)43-15-9-26-58(43)47(61)33-37-11-5-3-6-12-37/h3-8,11-14,17-24,34-35,43-44,48,55,63H,9-10,15-16,25-33H2,1-2H3/t43-,44-,48+,52?/m0/s1. The highest BCUT2D eigenvalue weighted by atomic mass is 32.1. The molecule has 0 saturated carbocycles. The molecule has 1 unspecified atom stereocenters. The van der Waals surface area contributed by atoms with Crippen LogP contribution in [0.2, 0.25) is 0 Å². The molecular weight excluding hydrogens is 851 g/mol. The molecule has 11 nitrogen and oxygen atoms in total. The lowest BCUT2D eigenvalue weighted by Gasteiger charge is -2.37. The topological polar surface area (TPSA) is 122 Å². The van der Waals surface area contributed by atoms with Crippen molar-refractivity contribution in [2.45, 2.75) is 76.2 Å². The minimum atomic E-state index is -1.30. The fourth-order valence-electron chi connectivity index (χ4n) is 9.43. The van der Waals surface area contributed by atoms with Gasteiger partial charge < -0.3 is 19.8 Å². The number of amides is 3. The van der Waals surface area contributed by atoms with Gasteiger partial charge in [-0.25, -0.2) is 9.97 Å². The highest BCUT2D eigenvalue weighted by molar-refractivity contribution is 7.15. The monoisotopic (exact) mass is 907 g/mol. The molecule has 13 heteroatoms. The van der Waals surface area contributed by atoms with E-state index in [4.69, 9.17) is 9.97 Å². The van der Waals surface area contributed by atoms with Crippen molar-refractivity contribution in [1.29, 1.82) is 0 Å². The molecule has 4 atom stereocenters. The predicted octanol–water partition coefficient (Wildman–Crippen LogP) is 8.76. The number of aliphatic hydroxyl groups is 1. The third-order valence-corrected chi connectivity index (χ3v) is 15.5. The van der Waals surface area contributed by atoms with Crippen molar-refractivity contribution in [3.63, 3.8) is 0 Å². The lowest BCUT2D eigenvalue weighted by atomic mass is 10.0. The van der Waals surface area contributed by atoms with E-state index in [1.165, 1.54) is 0 Å². The van der Waals surface area contributed by atoms with Crippen LogP contribution in [-0.2, 0) is 20.8 Å². The van der Waals surface area contributed by atoms with Crippen molar-refractivity contribution >= 4 is 40.4 Å². The van der Waals surface area contributed by atoms with Gasteiger partial charge in [-0.3, -0.25) is 24.6 Å². The van der Waals surface area contributed by atoms with Gasteiger partial charge in [0.05, 0.1) is 28.3 Å². The molecule has 2 N–H and O–H groups in total. The summed E-state index contributed by atoms with van der Waals surface area (Å²) >= 11 is 3.31. The second-order valence-corrected chi connectivity index (χ2v) is 19.9. The van der Waals surface area contributed by atoms with Crippen LogP contribution >= 0.6 is 22.7 Å². The molecule has 3 saturated heterocycles. The summed E-state index contributed by atoms with van der Waals surface area (Å²) in [5.41, 5.74) is 4.97. The van der Waals surface area contributed by atoms with E-state index in [1.807, 2.05) is 87.8 Å². The number of piperazine rings is 1. The Labute approximate surface area is 389 Å². The summed E-state index contributed by atoms with van der Waals surface area (Å²) in [5, 5.41) is 16.9. The Morgan fingerprint density at radius 2 is 1.20 bits per heavy atom. The van der Waals surface area contributed by atoms with Gasteiger partial charge in [0, 0.05) is 71.6 Å². The fraction of sp³-hybridized carbons (Fsp3) is 0.365. The lowest BCUT2D eigenvalue weighted by Crippen LogP contribution is -2.53. The van der Waals surface area contributed by atoms with Crippen LogP contribution in [0.1, 0.15) is 85.2 Å². The molecule has 4 aromatic carbocycles. The van der Waals surface area contributed by atoms with Crippen LogP contribution in [-0.4, -0.2) is 104 Å². The normalized spacial score (nSPS) is 19.3. The van der Waals surface area contributed by atoms with Gasteiger partial charge in [-0.05, 0) is 66.0 Å². The first-order chi connectivity index (χ1) is 31.6. The lowest BCUT2D eigenvalue weighted by molar-refractivity contribution is -0.137. The Morgan fingerprint density at radius 1 is 0.692 bits per heavy atom. The number of nitrogens with one attached hydrogen (secondary N) is 1. The van der Waals surface area contributed by atoms with Crippen LogP contribution in [0.4, 0.5) is 0 Å². The molecule has 0 bridgehead atoms. The average Bonchev–Trinajstić information content (AvgIpc) is 4.19. The number of carbonyl (C=O) groups is 3. The van der Waals surface area contributed by atoms with Crippen molar-refractivity contribution in [2.75, 3.05) is 45.8 Å². The molecule has 3 aliphatic rings. The number of likely N-dealkylation sites (tertiary alicyclic amines) is 2. The van der Waals surface area contributed by atoms with E-state index in [0.29, 0.717) is 39.0 Å². The average molecular weight is 908 g/mol. The van der Waals surface area contributed by atoms with Gasteiger partial charge in [0.2, 0.25) is 17.7 Å². The van der Waals surface area contributed by atoms with Crippen molar-refractivity contribution in [3.8, 4) is 32.0 Å². The maximum atomic E-state index is 14.6. The van der Waals surface area contributed by atoms with Gasteiger partial charge in [-0.1, -0.05) is 109 Å². The fourth-order valence-corrected chi connectivity index (χ4v) is 11.6. The van der Waals surface area contributed by atoms with Crippen molar-refractivity contribution in [3.05, 3.63) is 143 Å². The number of rotatable bonds is 14. The van der Waals surface area contributed by atoms with E-state index in [2.05, 4.69) is 58.7 Å². The molecule has 6 aromatic rings. The van der Waals surface area contributed by atoms with Gasteiger partial charge in [0.1, 0.15) is 21.8 Å². The molecule has 336 valence electrons. The number of carbonyl (C=O) groups excluding carboxylic acids is 3. The maximum Gasteiger partial charge on any atom is 0.244 e. The summed E-state index contributed by atoms with van der Waals surface area (Å²) in [7, 11) is 0. The zero-order valence-corrected chi connectivity index (χ0v) is 38.8. The van der Waals surface area contributed by atoms with Crippen LogP contribution in [0.5, 0.6) is 0 Å². The van der Waals surface area contributed by atoms with Crippen LogP contribution in [0.15, 0.2) is 122 Å². The summed E-state index contributed by atoms with van der Waals surface area (Å²) in [6, 6.07) is 36.0. The first kappa shape index (κ1) is 44.6. The third-order valence-electron chi connectivity index (χ3n) is 13.2. The SMILES string of the molecule is CC(=O)N1CCN(CCC(C)(O)N[C@@H](C(=O)N2CCC[C@H]2c2ncc(-c3ccc(-c4ccc(-c5cnc([C@@H]6CCCN6C(=O)Cc6ccccc6)s5)cc4)cc3)s2)c2ccccc2)CC1. The summed E-state index contributed by atoms with van der Waals surface area (Å²) in [6.45, 7) is 8.29. The highest BCUT2D eigenvalue weighted by Gasteiger charge is 2.39. The number of hydrogen-bond donors (Lipinski definition) is 2. The number of nitrogens with zero attached hydrogens (tertiary/aromatic N) is 6. The van der Waals surface area contributed by atoms with Crippen molar-refractivity contribution in [1.82, 2.24) is 34.9 Å². The smallest absolute Gasteiger partial charge is 0.244 e. The van der Waals surface area contributed by atoms with Gasteiger partial charge >= 0.3 is 0 Å². The zero-order valence-electron chi connectivity index (χ0n) is 37.1. The Hall–Kier alpha value is -5.57. The number of hydrogen-bond acceptors (Lipinski definition) is 10. The minimum Gasteiger partial charge on any atom is -0.376 e. The molecule has 0 spiro atoms. The minimum absolute atomic E-state index is 0.0274. The van der Waals surface area contributed by atoms with Crippen molar-refractivity contribution in [2.24, 2.45) is 0 Å². The zero-order chi connectivity index (χ0) is 44.9. The van der Waals surface area contributed by atoms with Crippen LogP contribution in [0, 0.1) is 0 Å². The van der Waals surface area contributed by atoms with Gasteiger partial charge in [-0.15, -0.1) is 22.7 Å². The second-order valence-electron chi connectivity index (χ2n) is 17.7. The van der Waals surface area contributed by atoms with Gasteiger partial charge in [0.25, 0.3) is 0 Å². The molecule has 3 amide bonds. The van der Waals surface area contributed by atoms with Gasteiger partial charge in [0.15, 0.2) is 0 Å². The van der Waals surface area contributed by atoms with E-state index in [9.17, 15) is 19.5 Å². The predicted molar refractivity (Wildman–Crippen MR) is 258 cm³/mol. The number of aromatic nitrogens is 2. The first-order valence-electron chi connectivity index (χ1n) is 22.9. The van der Waals surface area contributed by atoms with Crippen molar-refractivity contribution < 1.29 is 19.5 Å². The van der Waals surface area contributed by atoms with E-state index in [-0.39, 0.29) is 29.8 Å². The van der Waals surface area contributed by atoms with Crippen LogP contribution in [0.25, 0.3) is 32.0 Å². The molecule has 2 aromatic heterocycles. The van der Waals surface area contributed by atoms with E-state index in [0.717, 1.165) is 98.5 Å². The molecular formula is C52H57N7O4S2. The summed E-state index contributed by atoms with van der Waals surface area (Å²) in [5.74, 6) is 0.187. The molecule has 9 rings (SSSR count). The number of benzene rings is 4. The summed E-state index contributed by atoms with van der Waals surface area (Å²) in [6.07, 6.45) is 8.35. The third kappa shape index (κ3) is 10.5. The molecule has 3 fully saturated rings. The molecule has 0 aliphatic carbocycles. The van der Waals surface area contributed by atoms with E-state index in [1.54, 1.807) is 36.5 Å². The molecule has 0 radical (unpaired) electrons. The maximum absolute atomic E-state index is 14.6. The molecule has 3 aliphatic heterocycles. The Balaban J connectivity index is 0.830. The molecule has 65 heavy (non-hydrogen) atoms. The quantitative estimate of drug-likeness (QED) is 0.104. The number of thiazole rings is 2. The summed E-state index contributed by atoms with van der Waals surface area (Å²) < 4.78 is 0. The van der Waals surface area contributed by atoms with E-state index < -0.39 is 11.8 Å².